The van der Waals surface area contributed by atoms with Crippen LogP contribution in [0.15, 0.2) is 18.2 Å². The van der Waals surface area contributed by atoms with Crippen LogP contribution in [0.2, 0.25) is 0 Å². The fourth-order valence-corrected chi connectivity index (χ4v) is 1.05. The third-order valence-electron chi connectivity index (χ3n) is 1.75. The van der Waals surface area contributed by atoms with E-state index >= 15 is 0 Å². The van der Waals surface area contributed by atoms with Gasteiger partial charge < -0.3 is 10.2 Å². The summed E-state index contributed by atoms with van der Waals surface area (Å²) in [6.07, 6.45) is -5.05. The molecule has 0 amide bonds. The largest absolute Gasteiger partial charge is 0.508 e. The Morgan fingerprint density at radius 1 is 1.33 bits per heavy atom. The van der Waals surface area contributed by atoms with Crippen LogP contribution in [-0.2, 0) is 17.4 Å². The second kappa shape index (κ2) is 3.80. The lowest BCUT2D eigenvalue weighted by atomic mass is 10.1. The molecule has 0 aliphatic heterocycles. The predicted molar refractivity (Wildman–Crippen MR) is 44.4 cm³/mol. The number of aromatic hydroxyl groups is 1. The molecule has 0 spiro atoms. The van der Waals surface area contributed by atoms with Crippen LogP contribution in [0.3, 0.4) is 0 Å². The molecule has 1 rings (SSSR count). The maximum Gasteiger partial charge on any atom is 0.416 e. The molecular weight excluding hydrogens is 213 g/mol. The van der Waals surface area contributed by atoms with Crippen LogP contribution in [0.5, 0.6) is 5.75 Å². The molecule has 0 aliphatic rings. The van der Waals surface area contributed by atoms with Gasteiger partial charge >= 0.3 is 12.1 Å². The Labute approximate surface area is 82.8 Å². The average molecular weight is 220 g/mol. The smallest absolute Gasteiger partial charge is 0.416 e. The molecule has 6 heteroatoms. The summed E-state index contributed by atoms with van der Waals surface area (Å²) in [5.41, 5.74) is -1.05. The van der Waals surface area contributed by atoms with E-state index in [1.807, 2.05) is 0 Å². The van der Waals surface area contributed by atoms with Crippen molar-refractivity contribution in [2.45, 2.75) is 12.6 Å². The first-order chi connectivity index (χ1) is 6.80. The van der Waals surface area contributed by atoms with Crippen molar-refractivity contribution in [1.82, 2.24) is 0 Å². The summed E-state index contributed by atoms with van der Waals surface area (Å²) in [5, 5.41) is 17.5. The molecule has 0 saturated carbocycles. The van der Waals surface area contributed by atoms with Gasteiger partial charge in [0.15, 0.2) is 0 Å². The van der Waals surface area contributed by atoms with Crippen LogP contribution >= 0.6 is 0 Å². The van der Waals surface area contributed by atoms with Crippen molar-refractivity contribution in [3.8, 4) is 5.75 Å². The molecule has 0 bridgehead atoms. The molecule has 0 unspecified atom stereocenters. The number of aliphatic carboxylic acids is 1. The van der Waals surface area contributed by atoms with Gasteiger partial charge in [0, 0.05) is 5.56 Å². The standard InChI is InChI=1S/C9H7F3O3/c10-9(11,12)6-2-1-5(3-8(14)15)7(13)4-6/h1-2,4,13H,3H2,(H,14,15). The summed E-state index contributed by atoms with van der Waals surface area (Å²) in [6.45, 7) is 0. The van der Waals surface area contributed by atoms with Gasteiger partial charge in [0.25, 0.3) is 0 Å². The molecule has 0 radical (unpaired) electrons. The summed E-state index contributed by atoms with van der Waals surface area (Å²) in [6, 6.07) is 2.20. The zero-order chi connectivity index (χ0) is 11.6. The van der Waals surface area contributed by atoms with Crippen LogP contribution in [0.1, 0.15) is 11.1 Å². The number of benzene rings is 1. The summed E-state index contributed by atoms with van der Waals surface area (Å²) < 4.78 is 36.4. The minimum absolute atomic E-state index is 0.0458. The Hall–Kier alpha value is -1.72. The zero-order valence-corrected chi connectivity index (χ0v) is 7.38. The first-order valence-corrected chi connectivity index (χ1v) is 3.91. The number of alkyl halides is 3. The van der Waals surface area contributed by atoms with Crippen LogP contribution in [-0.4, -0.2) is 16.2 Å². The van der Waals surface area contributed by atoms with Crippen molar-refractivity contribution in [1.29, 1.82) is 0 Å². The number of carboxylic acid groups (broad SMARTS) is 1. The molecule has 0 aromatic heterocycles. The molecule has 2 N–H and O–H groups in total. The number of rotatable bonds is 2. The summed E-state index contributed by atoms with van der Waals surface area (Å²) in [4.78, 5) is 10.3. The lowest BCUT2D eigenvalue weighted by Gasteiger charge is -2.08. The Morgan fingerprint density at radius 3 is 2.33 bits per heavy atom. The fraction of sp³-hybridized carbons (Fsp3) is 0.222. The first-order valence-electron chi connectivity index (χ1n) is 3.91. The van der Waals surface area contributed by atoms with Gasteiger partial charge in [0.2, 0.25) is 0 Å². The Bertz CT molecular complexity index is 385. The van der Waals surface area contributed by atoms with Gasteiger partial charge in [-0.2, -0.15) is 13.2 Å². The van der Waals surface area contributed by atoms with E-state index in [4.69, 9.17) is 10.2 Å². The minimum atomic E-state index is -4.54. The maximum absolute atomic E-state index is 12.1. The topological polar surface area (TPSA) is 57.5 Å². The van der Waals surface area contributed by atoms with Gasteiger partial charge in [-0.1, -0.05) is 6.07 Å². The van der Waals surface area contributed by atoms with E-state index in [1.165, 1.54) is 0 Å². The molecule has 0 fully saturated rings. The van der Waals surface area contributed by atoms with Crippen molar-refractivity contribution in [3.05, 3.63) is 29.3 Å². The van der Waals surface area contributed by atoms with Crippen LogP contribution < -0.4 is 0 Å². The third-order valence-corrected chi connectivity index (χ3v) is 1.75. The van der Waals surface area contributed by atoms with E-state index in [0.29, 0.717) is 6.07 Å². The van der Waals surface area contributed by atoms with Gasteiger partial charge in [-0.15, -0.1) is 0 Å². The van der Waals surface area contributed by atoms with Crippen molar-refractivity contribution >= 4 is 5.97 Å². The molecule has 15 heavy (non-hydrogen) atoms. The predicted octanol–water partition coefficient (Wildman–Crippen LogP) is 2.04. The monoisotopic (exact) mass is 220 g/mol. The SMILES string of the molecule is O=C(O)Cc1ccc(C(F)(F)F)cc1O. The normalized spacial score (nSPS) is 11.4. The molecule has 0 aliphatic carbocycles. The van der Waals surface area contributed by atoms with E-state index in [2.05, 4.69) is 0 Å². The highest BCUT2D eigenvalue weighted by Gasteiger charge is 2.31. The number of halogens is 3. The average Bonchev–Trinajstić information content (AvgIpc) is 2.05. The van der Waals surface area contributed by atoms with E-state index in [1.54, 1.807) is 0 Å². The second-order valence-corrected chi connectivity index (χ2v) is 2.91. The number of hydrogen-bond donors (Lipinski definition) is 2. The number of carboxylic acids is 1. The van der Waals surface area contributed by atoms with E-state index in [0.717, 1.165) is 12.1 Å². The molecule has 1 aromatic carbocycles. The lowest BCUT2D eigenvalue weighted by Crippen LogP contribution is -2.06. The molecular formula is C9H7F3O3. The van der Waals surface area contributed by atoms with E-state index in [-0.39, 0.29) is 5.56 Å². The summed E-state index contributed by atoms with van der Waals surface area (Å²) in [7, 11) is 0. The summed E-state index contributed by atoms with van der Waals surface area (Å²) in [5.74, 6) is -1.88. The van der Waals surface area contributed by atoms with Gasteiger partial charge in [-0.05, 0) is 12.1 Å². The lowest BCUT2D eigenvalue weighted by molar-refractivity contribution is -0.137. The minimum Gasteiger partial charge on any atom is -0.508 e. The van der Waals surface area contributed by atoms with Crippen LogP contribution in [0.25, 0.3) is 0 Å². The Balaban J connectivity index is 3.03. The highest BCUT2D eigenvalue weighted by atomic mass is 19.4. The molecule has 0 atom stereocenters. The quantitative estimate of drug-likeness (QED) is 0.801. The Morgan fingerprint density at radius 2 is 1.93 bits per heavy atom. The van der Waals surface area contributed by atoms with Crippen LogP contribution in [0.4, 0.5) is 13.2 Å². The van der Waals surface area contributed by atoms with Crippen molar-refractivity contribution in [2.75, 3.05) is 0 Å². The number of carbonyl (C=O) groups is 1. The van der Waals surface area contributed by atoms with Gasteiger partial charge in [-0.3, -0.25) is 4.79 Å². The number of hydrogen-bond acceptors (Lipinski definition) is 2. The number of phenolic OH excluding ortho intramolecular Hbond substituents is 1. The summed E-state index contributed by atoms with van der Waals surface area (Å²) >= 11 is 0. The van der Waals surface area contributed by atoms with E-state index < -0.39 is 29.9 Å². The third kappa shape index (κ3) is 2.87. The molecule has 0 saturated heterocycles. The number of phenols is 1. The Kier molecular flexibility index (Phi) is 2.88. The second-order valence-electron chi connectivity index (χ2n) is 2.91. The van der Waals surface area contributed by atoms with E-state index in [9.17, 15) is 18.0 Å². The van der Waals surface area contributed by atoms with Crippen molar-refractivity contribution in [3.63, 3.8) is 0 Å². The van der Waals surface area contributed by atoms with Crippen molar-refractivity contribution in [2.24, 2.45) is 0 Å². The van der Waals surface area contributed by atoms with Gasteiger partial charge in [-0.25, -0.2) is 0 Å². The highest BCUT2D eigenvalue weighted by Crippen LogP contribution is 2.32. The molecule has 3 nitrogen and oxygen atoms in total. The molecule has 0 heterocycles. The van der Waals surface area contributed by atoms with Gasteiger partial charge in [0.1, 0.15) is 5.75 Å². The maximum atomic E-state index is 12.1. The first kappa shape index (κ1) is 11.4. The molecule has 1 aromatic rings. The molecule has 82 valence electrons. The van der Waals surface area contributed by atoms with Crippen LogP contribution in [0, 0.1) is 0 Å². The fourth-order valence-electron chi connectivity index (χ4n) is 1.05. The van der Waals surface area contributed by atoms with Gasteiger partial charge in [0.05, 0.1) is 12.0 Å². The van der Waals surface area contributed by atoms with Crippen molar-refractivity contribution < 1.29 is 28.2 Å². The highest BCUT2D eigenvalue weighted by molar-refractivity contribution is 5.71. The zero-order valence-electron chi connectivity index (χ0n) is 7.38.